The number of rotatable bonds is 4. The molecule has 20 heavy (non-hydrogen) atoms. The lowest BCUT2D eigenvalue weighted by molar-refractivity contribution is -0.135. The molecule has 0 nitrogen and oxygen atoms in total. The molecule has 2 aromatic rings. The van der Waals surface area contributed by atoms with Crippen molar-refractivity contribution in [2.45, 2.75) is 24.4 Å². The first-order chi connectivity index (χ1) is 9.46. The van der Waals surface area contributed by atoms with Gasteiger partial charge in [0.15, 0.2) is 0 Å². The maximum atomic E-state index is 12.2. The number of hydrogen-bond acceptors (Lipinski definition) is 0. The summed E-state index contributed by atoms with van der Waals surface area (Å²) in [5.74, 6) is 0. The Morgan fingerprint density at radius 1 is 0.850 bits per heavy atom. The summed E-state index contributed by atoms with van der Waals surface area (Å²) in [5.41, 5.74) is 2.81. The Balaban J connectivity index is 2.05. The van der Waals surface area contributed by atoms with Crippen molar-refractivity contribution in [1.29, 1.82) is 0 Å². The van der Waals surface area contributed by atoms with E-state index >= 15 is 0 Å². The van der Waals surface area contributed by atoms with Gasteiger partial charge < -0.3 is 0 Å². The van der Waals surface area contributed by atoms with Crippen LogP contribution in [-0.4, -0.2) is 6.18 Å². The molecular formula is C16H14ClF3. The molecule has 0 spiro atoms. The third-order valence-electron chi connectivity index (χ3n) is 3.06. The minimum absolute atomic E-state index is 0.101. The fourth-order valence-electron chi connectivity index (χ4n) is 1.97. The second-order valence-electron chi connectivity index (χ2n) is 4.61. The van der Waals surface area contributed by atoms with Crippen molar-refractivity contribution >= 4 is 11.6 Å². The van der Waals surface area contributed by atoms with Gasteiger partial charge in [0.2, 0.25) is 0 Å². The van der Waals surface area contributed by atoms with E-state index in [0.717, 1.165) is 16.7 Å². The lowest BCUT2D eigenvalue weighted by Crippen LogP contribution is -2.08. The summed E-state index contributed by atoms with van der Waals surface area (Å²) < 4.78 is 36.5. The molecule has 0 N–H and O–H groups in total. The molecule has 0 aliphatic rings. The SMILES string of the molecule is FC(F)(F)CCC(Cl)c1ccc(-c2ccccc2)cc1. The van der Waals surface area contributed by atoms with Crippen LogP contribution in [0.2, 0.25) is 0 Å². The standard InChI is InChI=1S/C16H14ClF3/c17-15(10-11-16(18,19)20)14-8-6-13(7-9-14)12-4-2-1-3-5-12/h1-9,15H,10-11H2. The maximum absolute atomic E-state index is 12.2. The number of benzene rings is 2. The largest absolute Gasteiger partial charge is 0.389 e. The molecule has 1 atom stereocenters. The summed E-state index contributed by atoms with van der Waals surface area (Å²) in [4.78, 5) is 0. The molecule has 0 aliphatic carbocycles. The lowest BCUT2D eigenvalue weighted by Gasteiger charge is -2.12. The van der Waals surface area contributed by atoms with Gasteiger partial charge in [-0.05, 0) is 23.1 Å². The van der Waals surface area contributed by atoms with E-state index in [4.69, 9.17) is 11.6 Å². The summed E-state index contributed by atoms with van der Waals surface area (Å²) in [5, 5.41) is -0.610. The first-order valence-corrected chi connectivity index (χ1v) is 6.75. The first kappa shape index (κ1) is 14.9. The Morgan fingerprint density at radius 2 is 1.40 bits per heavy atom. The smallest absolute Gasteiger partial charge is 0.171 e. The molecule has 0 saturated carbocycles. The van der Waals surface area contributed by atoms with Gasteiger partial charge >= 0.3 is 6.18 Å². The highest BCUT2D eigenvalue weighted by Gasteiger charge is 2.28. The predicted octanol–water partition coefficient (Wildman–Crippen LogP) is 5.98. The fraction of sp³-hybridized carbons (Fsp3) is 0.250. The van der Waals surface area contributed by atoms with Gasteiger partial charge in [0.25, 0.3) is 0 Å². The normalized spacial score (nSPS) is 13.2. The highest BCUT2D eigenvalue weighted by molar-refractivity contribution is 6.20. The van der Waals surface area contributed by atoms with Gasteiger partial charge in [-0.15, -0.1) is 11.6 Å². The summed E-state index contributed by atoms with van der Waals surface area (Å²) in [7, 11) is 0. The lowest BCUT2D eigenvalue weighted by atomic mass is 10.0. The van der Waals surface area contributed by atoms with Gasteiger partial charge in [0.1, 0.15) is 0 Å². The van der Waals surface area contributed by atoms with Gasteiger partial charge in [-0.25, -0.2) is 0 Å². The van der Waals surface area contributed by atoms with E-state index in [1.807, 2.05) is 42.5 Å². The molecule has 0 bridgehead atoms. The van der Waals surface area contributed by atoms with E-state index in [9.17, 15) is 13.2 Å². The Labute approximate surface area is 121 Å². The summed E-state index contributed by atoms with van der Waals surface area (Å²) in [6, 6.07) is 17.1. The van der Waals surface area contributed by atoms with Crippen molar-refractivity contribution < 1.29 is 13.2 Å². The Morgan fingerprint density at radius 3 is 1.95 bits per heavy atom. The molecule has 0 amide bonds. The van der Waals surface area contributed by atoms with Gasteiger partial charge in [-0.3, -0.25) is 0 Å². The van der Waals surface area contributed by atoms with Crippen molar-refractivity contribution in [2.75, 3.05) is 0 Å². The second-order valence-corrected chi connectivity index (χ2v) is 5.14. The van der Waals surface area contributed by atoms with Crippen LogP contribution in [0.3, 0.4) is 0 Å². The average Bonchev–Trinajstić information content (AvgIpc) is 2.45. The minimum atomic E-state index is -4.16. The van der Waals surface area contributed by atoms with E-state index in [1.165, 1.54) is 0 Å². The summed E-state index contributed by atoms with van der Waals surface area (Å²) in [6.45, 7) is 0. The fourth-order valence-corrected chi connectivity index (χ4v) is 2.23. The zero-order valence-corrected chi connectivity index (χ0v) is 11.5. The number of halogens is 4. The van der Waals surface area contributed by atoms with E-state index in [2.05, 4.69) is 0 Å². The zero-order chi connectivity index (χ0) is 14.6. The Hall–Kier alpha value is -1.48. The van der Waals surface area contributed by atoms with Crippen molar-refractivity contribution in [3.8, 4) is 11.1 Å². The molecule has 0 aromatic heterocycles. The second kappa shape index (κ2) is 6.31. The van der Waals surface area contributed by atoms with Crippen LogP contribution in [0.5, 0.6) is 0 Å². The highest BCUT2D eigenvalue weighted by atomic mass is 35.5. The molecule has 2 aromatic carbocycles. The van der Waals surface area contributed by atoms with Crippen LogP contribution < -0.4 is 0 Å². The van der Waals surface area contributed by atoms with Crippen LogP contribution in [0.4, 0.5) is 13.2 Å². The molecule has 0 radical (unpaired) electrons. The average molecular weight is 299 g/mol. The Bertz CT molecular complexity index is 532. The van der Waals surface area contributed by atoms with Gasteiger partial charge in [-0.1, -0.05) is 54.6 Å². The van der Waals surface area contributed by atoms with Crippen molar-refractivity contribution in [3.63, 3.8) is 0 Å². The van der Waals surface area contributed by atoms with E-state index in [-0.39, 0.29) is 6.42 Å². The van der Waals surface area contributed by atoms with Crippen molar-refractivity contribution in [3.05, 3.63) is 60.2 Å². The molecule has 0 saturated heterocycles. The van der Waals surface area contributed by atoms with E-state index in [0.29, 0.717) is 0 Å². The molecule has 0 aliphatic heterocycles. The minimum Gasteiger partial charge on any atom is -0.171 e. The maximum Gasteiger partial charge on any atom is 0.389 e. The van der Waals surface area contributed by atoms with Gasteiger partial charge in [0, 0.05) is 6.42 Å². The highest BCUT2D eigenvalue weighted by Crippen LogP contribution is 2.32. The van der Waals surface area contributed by atoms with Gasteiger partial charge in [-0.2, -0.15) is 13.2 Å². The number of alkyl halides is 4. The monoisotopic (exact) mass is 298 g/mol. The van der Waals surface area contributed by atoms with Crippen LogP contribution in [0.25, 0.3) is 11.1 Å². The van der Waals surface area contributed by atoms with Crippen molar-refractivity contribution in [1.82, 2.24) is 0 Å². The molecule has 106 valence electrons. The Kier molecular flexibility index (Phi) is 4.71. The van der Waals surface area contributed by atoms with Crippen LogP contribution >= 0.6 is 11.6 Å². The third kappa shape index (κ3) is 4.27. The van der Waals surface area contributed by atoms with Crippen LogP contribution in [0.1, 0.15) is 23.8 Å². The zero-order valence-electron chi connectivity index (χ0n) is 10.7. The molecule has 0 heterocycles. The van der Waals surface area contributed by atoms with Crippen LogP contribution in [0.15, 0.2) is 54.6 Å². The quantitative estimate of drug-likeness (QED) is 0.609. The van der Waals surface area contributed by atoms with Crippen LogP contribution in [0, 0.1) is 0 Å². The van der Waals surface area contributed by atoms with Crippen LogP contribution in [-0.2, 0) is 0 Å². The summed E-state index contributed by atoms with van der Waals surface area (Å²) >= 11 is 6.01. The van der Waals surface area contributed by atoms with Crippen molar-refractivity contribution in [2.24, 2.45) is 0 Å². The summed E-state index contributed by atoms with van der Waals surface area (Å²) in [6.07, 6.45) is -5.12. The molecule has 0 fully saturated rings. The molecule has 2 rings (SSSR count). The molecule has 1 unspecified atom stereocenters. The first-order valence-electron chi connectivity index (χ1n) is 6.32. The third-order valence-corrected chi connectivity index (χ3v) is 3.53. The predicted molar refractivity (Wildman–Crippen MR) is 75.8 cm³/mol. The van der Waals surface area contributed by atoms with Gasteiger partial charge in [0.05, 0.1) is 5.38 Å². The number of hydrogen-bond donors (Lipinski definition) is 0. The van der Waals surface area contributed by atoms with E-state index < -0.39 is 18.0 Å². The molecule has 4 heteroatoms. The topological polar surface area (TPSA) is 0 Å². The van der Waals surface area contributed by atoms with E-state index in [1.54, 1.807) is 12.1 Å². The molecular weight excluding hydrogens is 285 g/mol.